The minimum absolute atomic E-state index is 0.102. The molecule has 0 bridgehead atoms. The standard InChI is InChI=1S/C20H21NO6/c1-10-8-14-17(18(23)16(10)20(25)27-3)13(9-15(22)21-14)11-4-6-12(7-5-11)19(24)26-2/h4-7,10,13,16H,8-9H2,1-3H3,(H,21,22)/t10-,13-,16+/m0/s1. The Balaban J connectivity index is 2.01. The summed E-state index contributed by atoms with van der Waals surface area (Å²) >= 11 is 0. The number of ketones is 1. The third-order valence-electron chi connectivity index (χ3n) is 5.19. The molecule has 1 aromatic rings. The monoisotopic (exact) mass is 371 g/mol. The van der Waals surface area contributed by atoms with Crippen LogP contribution in [0.2, 0.25) is 0 Å². The molecule has 0 fully saturated rings. The van der Waals surface area contributed by atoms with E-state index in [2.05, 4.69) is 10.1 Å². The van der Waals surface area contributed by atoms with Crippen LogP contribution in [0.5, 0.6) is 0 Å². The van der Waals surface area contributed by atoms with Crippen LogP contribution in [0.3, 0.4) is 0 Å². The minimum atomic E-state index is -0.874. The largest absolute Gasteiger partial charge is 0.468 e. The van der Waals surface area contributed by atoms with E-state index in [1.54, 1.807) is 31.2 Å². The number of hydrogen-bond donors (Lipinski definition) is 1. The highest BCUT2D eigenvalue weighted by Crippen LogP contribution is 2.42. The van der Waals surface area contributed by atoms with Crippen LogP contribution >= 0.6 is 0 Å². The van der Waals surface area contributed by atoms with Gasteiger partial charge in [-0.15, -0.1) is 0 Å². The number of amides is 1. The van der Waals surface area contributed by atoms with Gasteiger partial charge < -0.3 is 14.8 Å². The van der Waals surface area contributed by atoms with Crippen molar-refractivity contribution in [2.45, 2.75) is 25.7 Å². The van der Waals surface area contributed by atoms with Crippen molar-refractivity contribution in [3.8, 4) is 0 Å². The number of methoxy groups -OCH3 is 2. The van der Waals surface area contributed by atoms with Crippen LogP contribution in [0.1, 0.15) is 41.6 Å². The van der Waals surface area contributed by atoms with Crippen molar-refractivity contribution < 1.29 is 28.7 Å². The first-order chi connectivity index (χ1) is 12.9. The van der Waals surface area contributed by atoms with E-state index in [9.17, 15) is 19.2 Å². The van der Waals surface area contributed by atoms with E-state index in [4.69, 9.17) is 4.74 Å². The number of hydrogen-bond acceptors (Lipinski definition) is 6. The van der Waals surface area contributed by atoms with E-state index in [0.717, 1.165) is 5.56 Å². The lowest BCUT2D eigenvalue weighted by Crippen LogP contribution is -2.44. The van der Waals surface area contributed by atoms with Gasteiger partial charge in [0, 0.05) is 23.6 Å². The van der Waals surface area contributed by atoms with Crippen LogP contribution in [-0.2, 0) is 23.9 Å². The second-order valence-corrected chi connectivity index (χ2v) is 6.86. The number of rotatable bonds is 3. The van der Waals surface area contributed by atoms with Crippen LogP contribution in [0.4, 0.5) is 0 Å². The highest BCUT2D eigenvalue weighted by molar-refractivity contribution is 6.11. The zero-order valence-electron chi connectivity index (χ0n) is 15.4. The Hall–Kier alpha value is -2.96. The number of carbonyl (C=O) groups excluding carboxylic acids is 4. The topological polar surface area (TPSA) is 98.8 Å². The van der Waals surface area contributed by atoms with Crippen LogP contribution in [0, 0.1) is 11.8 Å². The van der Waals surface area contributed by atoms with Gasteiger partial charge in [0.05, 0.1) is 19.8 Å². The average molecular weight is 371 g/mol. The van der Waals surface area contributed by atoms with E-state index < -0.39 is 23.8 Å². The zero-order valence-corrected chi connectivity index (χ0v) is 15.4. The number of allylic oxidation sites excluding steroid dienone is 2. The predicted molar refractivity (Wildman–Crippen MR) is 94.6 cm³/mol. The van der Waals surface area contributed by atoms with Gasteiger partial charge in [-0.1, -0.05) is 19.1 Å². The lowest BCUT2D eigenvalue weighted by Gasteiger charge is -2.36. The van der Waals surface area contributed by atoms with Crippen molar-refractivity contribution in [1.29, 1.82) is 0 Å². The first kappa shape index (κ1) is 18.8. The van der Waals surface area contributed by atoms with Gasteiger partial charge >= 0.3 is 11.9 Å². The fourth-order valence-corrected chi connectivity index (χ4v) is 3.85. The summed E-state index contributed by atoms with van der Waals surface area (Å²) in [5, 5.41) is 2.79. The number of nitrogens with one attached hydrogen (secondary N) is 1. The number of benzene rings is 1. The SMILES string of the molecule is COC(=O)c1ccc([C@@H]2CC(=O)NC3=C2C(=O)[C@H](C(=O)OC)[C@@H](C)C3)cc1. The molecule has 3 atom stereocenters. The molecular formula is C20H21NO6. The van der Waals surface area contributed by atoms with E-state index >= 15 is 0 Å². The molecule has 27 heavy (non-hydrogen) atoms. The normalized spacial score (nSPS) is 24.8. The highest BCUT2D eigenvalue weighted by Gasteiger charge is 2.45. The molecule has 7 heteroatoms. The molecule has 0 spiro atoms. The van der Waals surface area contributed by atoms with E-state index in [1.165, 1.54) is 14.2 Å². The molecule has 7 nitrogen and oxygen atoms in total. The predicted octanol–water partition coefficient (Wildman–Crippen LogP) is 1.73. The summed E-state index contributed by atoms with van der Waals surface area (Å²) < 4.78 is 9.49. The number of Topliss-reactive ketones (excluding diaryl/α,β-unsaturated/α-hetero) is 1. The van der Waals surface area contributed by atoms with Crippen LogP contribution < -0.4 is 5.32 Å². The van der Waals surface area contributed by atoms with Crippen LogP contribution in [0.15, 0.2) is 35.5 Å². The molecular weight excluding hydrogens is 350 g/mol. The molecule has 2 aliphatic rings. The minimum Gasteiger partial charge on any atom is -0.468 e. The summed E-state index contributed by atoms with van der Waals surface area (Å²) in [4.78, 5) is 49.0. The molecule has 1 aromatic carbocycles. The van der Waals surface area contributed by atoms with Crippen molar-refractivity contribution in [1.82, 2.24) is 5.32 Å². The Bertz CT molecular complexity index is 839. The molecule has 3 rings (SSSR count). The Labute approximate surface area is 156 Å². The molecule has 0 radical (unpaired) electrons. The van der Waals surface area contributed by atoms with Gasteiger partial charge in [0.25, 0.3) is 0 Å². The zero-order chi connectivity index (χ0) is 19.7. The van der Waals surface area contributed by atoms with E-state index in [1.807, 2.05) is 0 Å². The van der Waals surface area contributed by atoms with Crippen LogP contribution in [0.25, 0.3) is 0 Å². The first-order valence-corrected chi connectivity index (χ1v) is 8.70. The third kappa shape index (κ3) is 3.37. The van der Waals surface area contributed by atoms with E-state index in [-0.39, 0.29) is 24.0 Å². The molecule has 0 saturated heterocycles. The maximum absolute atomic E-state index is 13.1. The molecule has 1 aliphatic carbocycles. The fourth-order valence-electron chi connectivity index (χ4n) is 3.85. The van der Waals surface area contributed by atoms with E-state index in [0.29, 0.717) is 23.3 Å². The molecule has 1 aliphatic heterocycles. The second kappa shape index (κ2) is 7.34. The maximum Gasteiger partial charge on any atom is 0.337 e. The Morgan fingerprint density at radius 2 is 1.70 bits per heavy atom. The third-order valence-corrected chi connectivity index (χ3v) is 5.19. The Kier molecular flexibility index (Phi) is 5.12. The summed E-state index contributed by atoms with van der Waals surface area (Å²) in [6.45, 7) is 1.80. The van der Waals surface area contributed by atoms with Gasteiger partial charge in [0.1, 0.15) is 5.92 Å². The summed E-state index contributed by atoms with van der Waals surface area (Å²) in [6.07, 6.45) is 0.522. The quantitative estimate of drug-likeness (QED) is 0.642. The molecule has 0 saturated carbocycles. The molecule has 0 aromatic heterocycles. The van der Waals surface area contributed by atoms with Gasteiger partial charge in [0.2, 0.25) is 5.91 Å². The highest BCUT2D eigenvalue weighted by atomic mass is 16.5. The molecule has 1 amide bonds. The van der Waals surface area contributed by atoms with Gasteiger partial charge in [-0.3, -0.25) is 14.4 Å². The van der Waals surface area contributed by atoms with Gasteiger partial charge in [-0.05, 0) is 30.0 Å². The lowest BCUT2D eigenvalue weighted by atomic mass is 9.70. The first-order valence-electron chi connectivity index (χ1n) is 8.70. The number of ether oxygens (including phenoxy) is 2. The summed E-state index contributed by atoms with van der Waals surface area (Å²) in [6, 6.07) is 6.61. The van der Waals surface area contributed by atoms with Gasteiger partial charge in [-0.25, -0.2) is 4.79 Å². The molecule has 142 valence electrons. The smallest absolute Gasteiger partial charge is 0.337 e. The Morgan fingerprint density at radius 3 is 2.30 bits per heavy atom. The second-order valence-electron chi connectivity index (χ2n) is 6.86. The molecule has 0 unspecified atom stereocenters. The maximum atomic E-state index is 13.1. The summed E-state index contributed by atoms with van der Waals surface area (Å²) in [7, 11) is 2.56. The average Bonchev–Trinajstić information content (AvgIpc) is 2.66. The van der Waals surface area contributed by atoms with Crippen molar-refractivity contribution in [2.75, 3.05) is 14.2 Å². The Morgan fingerprint density at radius 1 is 1.04 bits per heavy atom. The van der Waals surface area contributed by atoms with Gasteiger partial charge in [-0.2, -0.15) is 0 Å². The molecule has 1 N–H and O–H groups in total. The van der Waals surface area contributed by atoms with Crippen molar-refractivity contribution in [3.63, 3.8) is 0 Å². The van der Waals surface area contributed by atoms with Crippen molar-refractivity contribution in [2.24, 2.45) is 11.8 Å². The van der Waals surface area contributed by atoms with Crippen LogP contribution in [-0.4, -0.2) is 37.8 Å². The number of esters is 2. The lowest BCUT2D eigenvalue weighted by molar-refractivity contribution is -0.151. The van der Waals surface area contributed by atoms with Gasteiger partial charge in [0.15, 0.2) is 5.78 Å². The summed E-state index contributed by atoms with van der Waals surface area (Å²) in [5.41, 5.74) is 2.14. The fraction of sp³-hybridized carbons (Fsp3) is 0.400. The number of carbonyl (C=O) groups is 4. The van der Waals surface area contributed by atoms with Crippen molar-refractivity contribution >= 4 is 23.6 Å². The molecule has 1 heterocycles. The summed E-state index contributed by atoms with van der Waals surface area (Å²) in [5.74, 6) is -3.10. The van der Waals surface area contributed by atoms with Crippen molar-refractivity contribution in [3.05, 3.63) is 46.7 Å².